The summed E-state index contributed by atoms with van der Waals surface area (Å²) in [6.45, 7) is 19.8. The molecule has 1 aliphatic carbocycles. The number of allylic oxidation sites excluding steroid dienone is 7. The predicted octanol–water partition coefficient (Wildman–Crippen LogP) is 18.3. The topological polar surface area (TPSA) is 34.5 Å². The van der Waals surface area contributed by atoms with E-state index in [1.165, 1.54) is 10.9 Å². The van der Waals surface area contributed by atoms with Crippen LogP contribution in [0, 0.1) is 0 Å². The van der Waals surface area contributed by atoms with Gasteiger partial charge in [0.15, 0.2) is 0 Å². The zero-order chi connectivity index (χ0) is 50.9. The molecule has 3 heterocycles. The van der Waals surface area contributed by atoms with Crippen LogP contribution in [0.15, 0.2) is 253 Å². The summed E-state index contributed by atoms with van der Waals surface area (Å²) in [4.78, 5) is 2.41. The third kappa shape index (κ3) is 8.07. The lowest BCUT2D eigenvalue weighted by Crippen LogP contribution is -2.22. The Labute approximate surface area is 432 Å². The largest absolute Gasteiger partial charge is 0.456 e. The molecule has 4 heteroatoms. The Bertz CT molecular complexity index is 4220. The monoisotopic (exact) mass is 956 g/mol. The van der Waals surface area contributed by atoms with Crippen molar-refractivity contribution < 1.29 is 8.83 Å². The van der Waals surface area contributed by atoms with Gasteiger partial charge in [-0.1, -0.05) is 165 Å². The minimum Gasteiger partial charge on any atom is -0.456 e. The first kappa shape index (κ1) is 47.0. The molecule has 3 aromatic heterocycles. The molecule has 0 fully saturated rings. The Balaban J connectivity index is 0.00000192. The van der Waals surface area contributed by atoms with Crippen molar-refractivity contribution >= 4 is 72.9 Å². The van der Waals surface area contributed by atoms with E-state index in [0.29, 0.717) is 0 Å². The van der Waals surface area contributed by atoms with Crippen molar-refractivity contribution in [1.82, 2.24) is 4.57 Å². The molecular weight excluding hydrogens is 901 g/mol. The van der Waals surface area contributed by atoms with E-state index in [9.17, 15) is 0 Å². The Morgan fingerprint density at radius 2 is 1.09 bits per heavy atom. The maximum absolute atomic E-state index is 6.19. The number of anilines is 1. The fourth-order valence-corrected chi connectivity index (χ4v) is 10.8. The van der Waals surface area contributed by atoms with Crippen LogP contribution in [0.1, 0.15) is 38.8 Å². The van der Waals surface area contributed by atoms with E-state index in [-0.39, 0.29) is 0 Å². The van der Waals surface area contributed by atoms with Gasteiger partial charge in [0, 0.05) is 60.5 Å². The van der Waals surface area contributed by atoms with Crippen molar-refractivity contribution in [2.75, 3.05) is 4.90 Å². The quantitative estimate of drug-likeness (QED) is 0.107. The lowest BCUT2D eigenvalue weighted by Gasteiger charge is -2.34. The van der Waals surface area contributed by atoms with Crippen molar-refractivity contribution in [1.29, 1.82) is 0 Å². The molecule has 0 radical (unpaired) electrons. The van der Waals surface area contributed by atoms with Gasteiger partial charge >= 0.3 is 0 Å². The molecule has 0 amide bonds. The second-order valence-electron chi connectivity index (χ2n) is 18.4. The summed E-state index contributed by atoms with van der Waals surface area (Å²) in [5.74, 6) is 0. The van der Waals surface area contributed by atoms with Gasteiger partial charge in [-0.15, -0.1) is 6.58 Å². The van der Waals surface area contributed by atoms with Crippen LogP contribution < -0.4 is 15.5 Å². The molecule has 0 saturated carbocycles. The number of fused-ring (bicyclic) bond motifs is 11. The second-order valence-corrected chi connectivity index (χ2v) is 18.4. The third-order valence-corrected chi connectivity index (χ3v) is 14.0. The fourth-order valence-electron chi connectivity index (χ4n) is 10.8. The fraction of sp³-hybridized carbons (Fsp3) is 0.0571. The molecule has 74 heavy (non-hydrogen) atoms. The van der Waals surface area contributed by atoms with Crippen LogP contribution >= 0.6 is 0 Å². The first-order chi connectivity index (χ1) is 36.4. The Morgan fingerprint density at radius 1 is 0.527 bits per heavy atom. The van der Waals surface area contributed by atoms with Crippen LogP contribution in [0.5, 0.6) is 0 Å². The number of hydrogen-bond acceptors (Lipinski definition) is 3. The number of furan rings is 2. The van der Waals surface area contributed by atoms with E-state index < -0.39 is 0 Å². The van der Waals surface area contributed by atoms with Crippen molar-refractivity contribution in [3.05, 3.63) is 266 Å². The second kappa shape index (κ2) is 20.0. The summed E-state index contributed by atoms with van der Waals surface area (Å²) >= 11 is 0. The number of hydrogen-bond donors (Lipinski definition) is 0. The van der Waals surface area contributed by atoms with Crippen molar-refractivity contribution in [2.45, 2.75) is 27.7 Å². The molecule has 0 N–H and O–H groups in total. The molecule has 0 saturated heterocycles. The van der Waals surface area contributed by atoms with Gasteiger partial charge in [-0.25, -0.2) is 0 Å². The van der Waals surface area contributed by atoms with E-state index in [1.54, 1.807) is 6.08 Å². The van der Waals surface area contributed by atoms with Crippen LogP contribution in [0.3, 0.4) is 0 Å². The number of nitrogens with zero attached hydrogens (tertiary/aromatic N) is 2. The maximum Gasteiger partial charge on any atom is 0.135 e. The number of para-hydroxylation sites is 2. The number of aromatic nitrogens is 1. The van der Waals surface area contributed by atoms with Gasteiger partial charge < -0.3 is 18.3 Å². The molecule has 12 rings (SSSR count). The zero-order valence-corrected chi connectivity index (χ0v) is 42.3. The van der Waals surface area contributed by atoms with Crippen LogP contribution in [0.25, 0.3) is 118 Å². The lowest BCUT2D eigenvalue weighted by molar-refractivity contribution is 0.575. The van der Waals surface area contributed by atoms with Gasteiger partial charge in [-0.3, -0.25) is 0 Å². The average Bonchev–Trinajstić information content (AvgIpc) is 4.11. The van der Waals surface area contributed by atoms with Crippen LogP contribution in [-0.2, 0) is 0 Å². The molecule has 0 unspecified atom stereocenters. The summed E-state index contributed by atoms with van der Waals surface area (Å²) < 4.78 is 14.8. The Kier molecular flexibility index (Phi) is 12.7. The summed E-state index contributed by atoms with van der Waals surface area (Å²) in [6, 6.07) is 65.8. The van der Waals surface area contributed by atoms with E-state index in [4.69, 9.17) is 8.83 Å². The van der Waals surface area contributed by atoms with Crippen LogP contribution in [0.2, 0.25) is 0 Å². The molecule has 358 valence electrons. The minimum absolute atomic E-state index is 0.852. The van der Waals surface area contributed by atoms with E-state index in [1.807, 2.05) is 50.3 Å². The summed E-state index contributed by atoms with van der Waals surface area (Å²) in [5, 5.41) is 5.53. The highest BCUT2D eigenvalue weighted by Crippen LogP contribution is 2.51. The molecule has 8 aromatic carbocycles. The normalized spacial score (nSPS) is 13.9. The highest BCUT2D eigenvalue weighted by molar-refractivity contribution is 6.14. The van der Waals surface area contributed by atoms with Crippen molar-refractivity contribution in [3.63, 3.8) is 0 Å². The van der Waals surface area contributed by atoms with Crippen molar-refractivity contribution in [3.8, 4) is 50.3 Å². The van der Waals surface area contributed by atoms with E-state index >= 15 is 0 Å². The summed E-state index contributed by atoms with van der Waals surface area (Å²) in [6.07, 6.45) is 15.9. The minimum atomic E-state index is 0.852. The summed E-state index contributed by atoms with van der Waals surface area (Å²) in [5.41, 5.74) is 21.5. The van der Waals surface area contributed by atoms with Crippen LogP contribution in [-0.4, -0.2) is 4.57 Å². The van der Waals surface area contributed by atoms with Gasteiger partial charge in [0.2, 0.25) is 0 Å². The molecule has 0 aliphatic heterocycles. The highest BCUT2D eigenvalue weighted by Gasteiger charge is 2.31. The van der Waals surface area contributed by atoms with Gasteiger partial charge in [-0.2, -0.15) is 0 Å². The molecule has 4 nitrogen and oxygen atoms in total. The van der Waals surface area contributed by atoms with Gasteiger partial charge in [0.05, 0.1) is 16.9 Å². The first-order valence-electron chi connectivity index (χ1n) is 25.2. The van der Waals surface area contributed by atoms with Crippen LogP contribution in [0.4, 0.5) is 5.69 Å². The lowest BCUT2D eigenvalue weighted by atomic mass is 9.84. The standard InChI is InChI=1S/C67H50N2O2.C3H6/c1-6-18-48(19-7-2)68(49-35-29-44(30-36-49)47-34-40-64-59(42-47)53-22-15-17-28-62(53)71-64)66-43(5)51-21-10-12-24-55(51)67-65(54-23-11-13-25-56(54)66)57-26-14-16-27-60(57)69(67)50-37-31-45(32-38-50)46-33-39-63-58(41-46)52(20-8-3)61(9-4)70-63;1-3-2/h6-42H,1,3H2,2,4-5H3;3H,1H2,2H3/b19-7-,48-18+,51-43?,52-20-,61-9+,65-54?,66-43+,66-56?,67-55?;. The highest BCUT2D eigenvalue weighted by atomic mass is 16.3. The molecular formula is C70H56N2O2. The predicted molar refractivity (Wildman–Crippen MR) is 316 cm³/mol. The maximum atomic E-state index is 6.19. The van der Waals surface area contributed by atoms with E-state index in [2.05, 4.69) is 231 Å². The molecule has 0 atom stereocenters. The third-order valence-electron chi connectivity index (χ3n) is 14.0. The average molecular weight is 957 g/mol. The van der Waals surface area contributed by atoms with E-state index in [0.717, 1.165) is 128 Å². The Hall–Kier alpha value is -9.38. The smallest absolute Gasteiger partial charge is 0.135 e. The van der Waals surface area contributed by atoms with Crippen molar-refractivity contribution in [2.24, 2.45) is 0 Å². The number of benzene rings is 8. The van der Waals surface area contributed by atoms with Gasteiger partial charge in [-0.05, 0) is 146 Å². The molecule has 0 bridgehead atoms. The molecule has 11 aromatic rings. The van der Waals surface area contributed by atoms with Gasteiger partial charge in [0.1, 0.15) is 22.2 Å². The first-order valence-corrected chi connectivity index (χ1v) is 25.2. The molecule has 1 aliphatic rings. The Morgan fingerprint density at radius 3 is 1.77 bits per heavy atom. The van der Waals surface area contributed by atoms with Gasteiger partial charge in [0.25, 0.3) is 0 Å². The zero-order valence-electron chi connectivity index (χ0n) is 42.3. The molecule has 0 spiro atoms. The number of rotatable bonds is 9. The summed E-state index contributed by atoms with van der Waals surface area (Å²) in [7, 11) is 0. The SMILES string of the molecule is C=C/C=c1\c(=C/C)oc2ccc(-c3ccc(-n4c5c(c6ccccc64)-c4ccccc4/C(N(C(/C=C\C)=C/C=C)c4ccc(-c6ccc7oc8ccccc8c7c6)cc4)=C(/C)c4ccccc4-5)cc3)cc12.C=CC.